The minimum Gasteiger partial charge on any atom is -0.396 e. The minimum atomic E-state index is -4.57. The van der Waals surface area contributed by atoms with E-state index in [4.69, 9.17) is 33.7 Å². The van der Waals surface area contributed by atoms with Gasteiger partial charge in [0, 0.05) is 0 Å². The topological polar surface area (TPSA) is 35.2 Å². The Morgan fingerprint density at radius 1 is 1.11 bits per heavy atom. The van der Waals surface area contributed by atoms with Crippen molar-refractivity contribution in [3.63, 3.8) is 0 Å². The molecule has 2 N–H and O–H groups in total. The van der Waals surface area contributed by atoms with Crippen LogP contribution in [0, 0.1) is 0 Å². The second kappa shape index (κ2) is 5.38. The smallest absolute Gasteiger partial charge is 0.396 e. The van der Waals surface area contributed by atoms with Crippen LogP contribution in [-0.4, -0.2) is 11.8 Å². The third-order valence-corrected chi connectivity index (χ3v) is 2.80. The fourth-order valence-corrected chi connectivity index (χ4v) is 1.94. The molecule has 0 aliphatic rings. The first-order valence-corrected chi connectivity index (χ1v) is 6.16. The highest BCUT2D eigenvalue weighted by Gasteiger charge is 2.44. The Labute approximate surface area is 119 Å². The average Bonchev–Trinajstić information content (AvgIpc) is 2.19. The highest BCUT2D eigenvalue weighted by atomic mass is 35.5. The van der Waals surface area contributed by atoms with E-state index in [2.05, 4.69) is 0 Å². The van der Waals surface area contributed by atoms with E-state index in [0.29, 0.717) is 0 Å². The van der Waals surface area contributed by atoms with Crippen LogP contribution in [0.15, 0.2) is 12.1 Å². The van der Waals surface area contributed by atoms with E-state index in [0.717, 1.165) is 12.1 Å². The maximum absolute atomic E-state index is 13.1. The van der Waals surface area contributed by atoms with Gasteiger partial charge in [0.05, 0.1) is 21.3 Å². The molecule has 1 aromatic rings. The summed E-state index contributed by atoms with van der Waals surface area (Å²) in [6.45, 7) is 4.60. The fourth-order valence-electron chi connectivity index (χ4n) is 1.43. The number of rotatable bonds is 2. The molecule has 0 aliphatic carbocycles. The first kappa shape index (κ1) is 16.4. The maximum Gasteiger partial charge on any atom is 0.418 e. The molecule has 108 valence electrons. The highest BCUT2D eigenvalue weighted by Crippen LogP contribution is 2.41. The largest absolute Gasteiger partial charge is 0.418 e. The highest BCUT2D eigenvalue weighted by molar-refractivity contribution is 6.38. The Morgan fingerprint density at radius 2 is 1.53 bits per heavy atom. The van der Waals surface area contributed by atoms with Crippen LogP contribution in [0.1, 0.15) is 32.4 Å². The van der Waals surface area contributed by atoms with Crippen molar-refractivity contribution in [2.24, 2.45) is 0 Å². The Bertz CT molecular complexity index is 446. The molecule has 19 heavy (non-hydrogen) atoms. The summed E-state index contributed by atoms with van der Waals surface area (Å²) < 4.78 is 44.2. The third kappa shape index (κ3) is 4.44. The van der Waals surface area contributed by atoms with Gasteiger partial charge in [-0.25, -0.2) is 0 Å². The molecule has 1 atom stereocenters. The van der Waals surface area contributed by atoms with E-state index < -0.39 is 17.9 Å². The van der Waals surface area contributed by atoms with Crippen molar-refractivity contribution in [3.05, 3.63) is 27.7 Å². The van der Waals surface area contributed by atoms with Crippen LogP contribution >= 0.6 is 23.2 Å². The molecule has 0 unspecified atom stereocenters. The molecule has 0 aromatic heterocycles. The first-order valence-electron chi connectivity index (χ1n) is 5.41. The molecule has 1 aromatic carbocycles. The van der Waals surface area contributed by atoms with Crippen LogP contribution < -0.4 is 5.73 Å². The van der Waals surface area contributed by atoms with Gasteiger partial charge >= 0.3 is 6.18 Å². The summed E-state index contributed by atoms with van der Waals surface area (Å²) >= 11 is 11.5. The van der Waals surface area contributed by atoms with E-state index in [9.17, 15) is 13.2 Å². The molecule has 0 heterocycles. The van der Waals surface area contributed by atoms with Crippen LogP contribution in [0.3, 0.4) is 0 Å². The molecule has 2 nitrogen and oxygen atoms in total. The molecule has 0 aliphatic heterocycles. The zero-order chi connectivity index (χ0) is 15.0. The Morgan fingerprint density at radius 3 is 1.84 bits per heavy atom. The molecule has 0 radical (unpaired) electrons. The Hall–Kier alpha value is -0.650. The Balaban J connectivity index is 3.26. The van der Waals surface area contributed by atoms with Crippen LogP contribution in [0.5, 0.6) is 0 Å². The minimum absolute atomic E-state index is 0.0331. The average molecular weight is 316 g/mol. The Kier molecular flexibility index (Phi) is 4.65. The van der Waals surface area contributed by atoms with Crippen LogP contribution in [0.4, 0.5) is 18.9 Å². The van der Waals surface area contributed by atoms with Gasteiger partial charge in [0.1, 0.15) is 0 Å². The predicted octanol–water partition coefficient (Wildman–Crippen LogP) is 4.99. The van der Waals surface area contributed by atoms with Crippen molar-refractivity contribution >= 4 is 28.9 Å². The van der Waals surface area contributed by atoms with Gasteiger partial charge in [0.25, 0.3) is 0 Å². The molecule has 0 fully saturated rings. The molecule has 0 saturated heterocycles. The molecule has 7 heteroatoms. The number of anilines is 1. The van der Waals surface area contributed by atoms with Gasteiger partial charge in [0.2, 0.25) is 0 Å². The number of hydrogen-bond acceptors (Lipinski definition) is 2. The van der Waals surface area contributed by atoms with Gasteiger partial charge < -0.3 is 10.5 Å². The van der Waals surface area contributed by atoms with E-state index in [1.54, 1.807) is 0 Å². The van der Waals surface area contributed by atoms with Crippen molar-refractivity contribution in [2.75, 3.05) is 5.73 Å². The van der Waals surface area contributed by atoms with Crippen molar-refractivity contribution in [2.45, 2.75) is 38.7 Å². The normalized spacial score (nSPS) is 14.5. The van der Waals surface area contributed by atoms with Crippen molar-refractivity contribution in [1.82, 2.24) is 0 Å². The van der Waals surface area contributed by atoms with E-state index in [-0.39, 0.29) is 21.3 Å². The zero-order valence-electron chi connectivity index (χ0n) is 10.6. The van der Waals surface area contributed by atoms with E-state index >= 15 is 0 Å². The van der Waals surface area contributed by atoms with Gasteiger partial charge in [-0.05, 0) is 38.5 Å². The summed E-state index contributed by atoms with van der Waals surface area (Å²) in [4.78, 5) is 0. The standard InChI is InChI=1S/C12H14Cl2F3NO/c1-11(2,3)19-10(12(15,16)17)6-4-7(13)9(18)8(14)5-6/h4-5,10H,18H2,1-3H3/t10-/m0/s1. The van der Waals surface area contributed by atoms with E-state index in [1.165, 1.54) is 20.8 Å². The fraction of sp³-hybridized carbons (Fsp3) is 0.500. The molecule has 0 spiro atoms. The molecular formula is C12H14Cl2F3NO. The quantitative estimate of drug-likeness (QED) is 0.780. The van der Waals surface area contributed by atoms with Crippen molar-refractivity contribution in [1.29, 1.82) is 0 Å². The van der Waals surface area contributed by atoms with Gasteiger partial charge in [-0.3, -0.25) is 0 Å². The maximum atomic E-state index is 13.1. The van der Waals surface area contributed by atoms with Gasteiger partial charge in [-0.1, -0.05) is 23.2 Å². The number of nitrogen functional groups attached to an aromatic ring is 1. The third-order valence-electron chi connectivity index (χ3n) is 2.17. The van der Waals surface area contributed by atoms with Gasteiger partial charge in [0.15, 0.2) is 6.10 Å². The number of hydrogen-bond donors (Lipinski definition) is 1. The molecule has 1 rings (SSSR count). The lowest BCUT2D eigenvalue weighted by atomic mass is 10.1. The number of halogens is 5. The lowest BCUT2D eigenvalue weighted by Crippen LogP contribution is -2.31. The summed E-state index contributed by atoms with van der Waals surface area (Å²) in [6, 6.07) is 2.24. The SMILES string of the molecule is CC(C)(C)O[C@@H](c1cc(Cl)c(N)c(Cl)c1)C(F)(F)F. The van der Waals surface area contributed by atoms with Gasteiger partial charge in [-0.15, -0.1) is 0 Å². The lowest BCUT2D eigenvalue weighted by molar-refractivity contribution is -0.249. The number of ether oxygens (including phenoxy) is 1. The molecular weight excluding hydrogens is 302 g/mol. The summed E-state index contributed by atoms with van der Waals surface area (Å²) in [7, 11) is 0. The van der Waals surface area contributed by atoms with Crippen LogP contribution in [0.25, 0.3) is 0 Å². The van der Waals surface area contributed by atoms with Crippen LogP contribution in [-0.2, 0) is 4.74 Å². The molecule has 0 bridgehead atoms. The van der Waals surface area contributed by atoms with Gasteiger partial charge in [-0.2, -0.15) is 13.2 Å². The summed E-state index contributed by atoms with van der Waals surface area (Å²) in [5.74, 6) is 0. The second-order valence-corrected chi connectivity index (χ2v) is 5.86. The predicted molar refractivity (Wildman–Crippen MR) is 70.5 cm³/mol. The first-order chi connectivity index (χ1) is 8.42. The van der Waals surface area contributed by atoms with Crippen LogP contribution in [0.2, 0.25) is 10.0 Å². The second-order valence-electron chi connectivity index (χ2n) is 5.05. The van der Waals surface area contributed by atoms with Crippen molar-refractivity contribution in [3.8, 4) is 0 Å². The zero-order valence-corrected chi connectivity index (χ0v) is 12.1. The number of benzene rings is 1. The lowest BCUT2D eigenvalue weighted by Gasteiger charge is -2.29. The molecule has 0 amide bonds. The summed E-state index contributed by atoms with van der Waals surface area (Å²) in [6.07, 6.45) is -6.68. The molecule has 0 saturated carbocycles. The van der Waals surface area contributed by atoms with Crippen molar-refractivity contribution < 1.29 is 17.9 Å². The summed E-state index contributed by atoms with van der Waals surface area (Å²) in [5, 5.41) is -0.0662. The summed E-state index contributed by atoms with van der Waals surface area (Å²) in [5.41, 5.74) is 4.40. The monoisotopic (exact) mass is 315 g/mol. The number of alkyl halides is 3. The van der Waals surface area contributed by atoms with E-state index in [1.807, 2.05) is 0 Å². The number of nitrogens with two attached hydrogens (primary N) is 1.